The molecule has 1 amide bonds. The lowest BCUT2D eigenvalue weighted by Gasteiger charge is -2.10. The third kappa shape index (κ3) is 5.87. The van der Waals surface area contributed by atoms with Crippen LogP contribution in [-0.2, 0) is 4.79 Å². The number of carbonyl (C=O) groups is 2. The van der Waals surface area contributed by atoms with Crippen LogP contribution in [-0.4, -0.2) is 11.9 Å². The molecule has 0 spiro atoms. The molecule has 0 aliphatic carbocycles. The first-order valence-corrected chi connectivity index (χ1v) is 9.96. The smallest absolute Gasteiger partial charge is 0.343 e. The maximum atomic E-state index is 12.4. The molecule has 0 atom stereocenters. The third-order valence-corrected chi connectivity index (χ3v) is 4.78. The van der Waals surface area contributed by atoms with Gasteiger partial charge in [0.1, 0.15) is 11.6 Å². The molecular formula is C23H13Cl3N2O3. The number of anilines is 1. The minimum atomic E-state index is -0.628. The third-order valence-electron chi connectivity index (χ3n) is 3.98. The van der Waals surface area contributed by atoms with Gasteiger partial charge < -0.3 is 10.1 Å². The van der Waals surface area contributed by atoms with E-state index in [1.54, 1.807) is 54.6 Å². The molecule has 0 fully saturated rings. The van der Waals surface area contributed by atoms with Crippen LogP contribution in [0.5, 0.6) is 5.75 Å². The number of carbonyl (C=O) groups excluding carboxylic acids is 2. The van der Waals surface area contributed by atoms with E-state index in [9.17, 15) is 14.9 Å². The predicted octanol–water partition coefficient (Wildman–Crippen LogP) is 6.41. The van der Waals surface area contributed by atoms with Gasteiger partial charge in [-0.3, -0.25) is 4.79 Å². The number of nitrogens with one attached hydrogen (secondary N) is 1. The Kier molecular flexibility index (Phi) is 7.32. The van der Waals surface area contributed by atoms with E-state index in [-0.39, 0.29) is 21.4 Å². The fourth-order valence-electron chi connectivity index (χ4n) is 2.57. The van der Waals surface area contributed by atoms with Gasteiger partial charge in [-0.25, -0.2) is 4.79 Å². The van der Waals surface area contributed by atoms with Crippen molar-refractivity contribution in [1.29, 1.82) is 5.26 Å². The fraction of sp³-hybridized carbons (Fsp3) is 0. The summed E-state index contributed by atoms with van der Waals surface area (Å²) < 4.78 is 5.31. The van der Waals surface area contributed by atoms with Crippen molar-refractivity contribution in [3.63, 3.8) is 0 Å². The summed E-state index contributed by atoms with van der Waals surface area (Å²) in [6.07, 6.45) is 1.32. The first-order chi connectivity index (χ1) is 14.9. The van der Waals surface area contributed by atoms with E-state index in [4.69, 9.17) is 39.5 Å². The molecule has 0 saturated carbocycles. The normalized spacial score (nSPS) is 10.8. The van der Waals surface area contributed by atoms with Crippen LogP contribution >= 0.6 is 34.8 Å². The summed E-state index contributed by atoms with van der Waals surface area (Å²) in [6.45, 7) is 0. The van der Waals surface area contributed by atoms with Crippen molar-refractivity contribution in [2.24, 2.45) is 0 Å². The van der Waals surface area contributed by atoms with Gasteiger partial charge >= 0.3 is 5.97 Å². The molecule has 3 aromatic carbocycles. The summed E-state index contributed by atoms with van der Waals surface area (Å²) in [4.78, 5) is 24.7. The van der Waals surface area contributed by atoms with Crippen LogP contribution in [0, 0.1) is 11.3 Å². The van der Waals surface area contributed by atoms with Crippen LogP contribution < -0.4 is 10.1 Å². The van der Waals surface area contributed by atoms with Gasteiger partial charge in [0.15, 0.2) is 5.75 Å². The topological polar surface area (TPSA) is 79.2 Å². The standard InChI is InChI=1S/C23H13Cl3N2O3/c24-17-7-4-8-18(12-17)28-22(29)16(13-27)9-14-10-19(25)21(20(26)11-14)31-23(30)15-5-2-1-3-6-15/h1-12H,(H,28,29)/b16-9+. The van der Waals surface area contributed by atoms with E-state index in [2.05, 4.69) is 5.32 Å². The zero-order chi connectivity index (χ0) is 22.4. The second-order valence-corrected chi connectivity index (χ2v) is 7.45. The molecule has 0 unspecified atom stereocenters. The Hall–Kier alpha value is -3.30. The van der Waals surface area contributed by atoms with Crippen LogP contribution in [0.25, 0.3) is 6.08 Å². The Balaban J connectivity index is 1.82. The number of nitrogens with zero attached hydrogens (tertiary/aromatic N) is 1. The van der Waals surface area contributed by atoms with E-state index in [0.29, 0.717) is 21.8 Å². The van der Waals surface area contributed by atoms with Gasteiger partial charge in [-0.05, 0) is 54.1 Å². The maximum absolute atomic E-state index is 12.4. The van der Waals surface area contributed by atoms with Gasteiger partial charge in [0.2, 0.25) is 0 Å². The molecule has 0 aliphatic rings. The predicted molar refractivity (Wildman–Crippen MR) is 122 cm³/mol. The Bertz CT molecular complexity index is 1200. The summed E-state index contributed by atoms with van der Waals surface area (Å²) in [5.74, 6) is -1.26. The highest BCUT2D eigenvalue weighted by atomic mass is 35.5. The van der Waals surface area contributed by atoms with Crippen molar-refractivity contribution in [3.05, 3.63) is 98.5 Å². The van der Waals surface area contributed by atoms with E-state index in [1.165, 1.54) is 18.2 Å². The number of nitriles is 1. The number of ether oxygens (including phenoxy) is 1. The largest absolute Gasteiger partial charge is 0.420 e. The average Bonchev–Trinajstić information content (AvgIpc) is 2.75. The van der Waals surface area contributed by atoms with Crippen LogP contribution in [0.3, 0.4) is 0 Å². The summed E-state index contributed by atoms with van der Waals surface area (Å²) in [5.41, 5.74) is 0.981. The first kappa shape index (κ1) is 22.4. The molecular weight excluding hydrogens is 459 g/mol. The van der Waals surface area contributed by atoms with Crippen molar-refractivity contribution < 1.29 is 14.3 Å². The molecule has 3 aromatic rings. The van der Waals surface area contributed by atoms with Crippen LogP contribution in [0.2, 0.25) is 15.1 Å². The SMILES string of the molecule is N#C/C(=C\c1cc(Cl)c(OC(=O)c2ccccc2)c(Cl)c1)C(=O)Nc1cccc(Cl)c1. The second-order valence-electron chi connectivity index (χ2n) is 6.20. The molecule has 8 heteroatoms. The summed E-state index contributed by atoms with van der Waals surface area (Å²) in [5, 5.41) is 12.5. The Morgan fingerprint density at radius 2 is 1.61 bits per heavy atom. The molecule has 3 rings (SSSR count). The van der Waals surface area contributed by atoms with Crippen molar-refractivity contribution >= 4 is 58.4 Å². The van der Waals surface area contributed by atoms with Crippen LogP contribution in [0.15, 0.2) is 72.3 Å². The number of hydrogen-bond acceptors (Lipinski definition) is 4. The number of esters is 1. The Labute approximate surface area is 193 Å². The highest BCUT2D eigenvalue weighted by Gasteiger charge is 2.16. The minimum Gasteiger partial charge on any atom is -0.420 e. The first-order valence-electron chi connectivity index (χ1n) is 8.82. The van der Waals surface area contributed by atoms with Crippen molar-refractivity contribution in [1.82, 2.24) is 0 Å². The number of rotatable bonds is 5. The molecule has 0 saturated heterocycles. The quantitative estimate of drug-likeness (QED) is 0.202. The van der Waals surface area contributed by atoms with Crippen LogP contribution in [0.1, 0.15) is 15.9 Å². The van der Waals surface area contributed by atoms with Gasteiger partial charge in [0, 0.05) is 10.7 Å². The highest BCUT2D eigenvalue weighted by Crippen LogP contribution is 2.35. The zero-order valence-corrected chi connectivity index (χ0v) is 18.0. The molecule has 0 aliphatic heterocycles. The lowest BCUT2D eigenvalue weighted by molar-refractivity contribution is -0.112. The van der Waals surface area contributed by atoms with Gasteiger partial charge in [0.25, 0.3) is 5.91 Å². The molecule has 0 heterocycles. The molecule has 1 N–H and O–H groups in total. The summed E-state index contributed by atoms with van der Waals surface area (Å²) in [6, 6.07) is 19.6. The van der Waals surface area contributed by atoms with Crippen molar-refractivity contribution in [2.45, 2.75) is 0 Å². The number of amides is 1. The zero-order valence-electron chi connectivity index (χ0n) is 15.7. The monoisotopic (exact) mass is 470 g/mol. The number of hydrogen-bond donors (Lipinski definition) is 1. The van der Waals surface area contributed by atoms with Gasteiger partial charge in [-0.1, -0.05) is 59.1 Å². The van der Waals surface area contributed by atoms with Crippen molar-refractivity contribution in [2.75, 3.05) is 5.32 Å². The lowest BCUT2D eigenvalue weighted by Crippen LogP contribution is -2.13. The second kappa shape index (κ2) is 10.1. The molecule has 31 heavy (non-hydrogen) atoms. The Morgan fingerprint density at radius 1 is 0.935 bits per heavy atom. The Morgan fingerprint density at radius 3 is 2.23 bits per heavy atom. The number of benzene rings is 3. The maximum Gasteiger partial charge on any atom is 0.343 e. The lowest BCUT2D eigenvalue weighted by atomic mass is 10.1. The summed E-state index contributed by atoms with van der Waals surface area (Å²) >= 11 is 18.4. The van der Waals surface area contributed by atoms with E-state index in [0.717, 1.165) is 0 Å². The average molecular weight is 472 g/mol. The molecule has 0 bridgehead atoms. The van der Waals surface area contributed by atoms with Gasteiger partial charge in [0.05, 0.1) is 15.6 Å². The van der Waals surface area contributed by atoms with E-state index >= 15 is 0 Å². The highest BCUT2D eigenvalue weighted by molar-refractivity contribution is 6.37. The van der Waals surface area contributed by atoms with Gasteiger partial charge in [-0.15, -0.1) is 0 Å². The minimum absolute atomic E-state index is 0.0174. The fourth-order valence-corrected chi connectivity index (χ4v) is 3.34. The van der Waals surface area contributed by atoms with E-state index in [1.807, 2.05) is 6.07 Å². The molecule has 0 aromatic heterocycles. The molecule has 5 nitrogen and oxygen atoms in total. The summed E-state index contributed by atoms with van der Waals surface area (Å²) in [7, 11) is 0. The number of halogens is 3. The van der Waals surface area contributed by atoms with Crippen LogP contribution in [0.4, 0.5) is 5.69 Å². The molecule has 154 valence electrons. The van der Waals surface area contributed by atoms with Crippen molar-refractivity contribution in [3.8, 4) is 11.8 Å². The molecule has 0 radical (unpaired) electrons. The van der Waals surface area contributed by atoms with E-state index < -0.39 is 11.9 Å². The van der Waals surface area contributed by atoms with Gasteiger partial charge in [-0.2, -0.15) is 5.26 Å².